The first-order valence-corrected chi connectivity index (χ1v) is 8.98. The number of aromatic hydroxyl groups is 2. The first-order chi connectivity index (χ1) is 13.3. The molecule has 2 aromatic carbocycles. The number of rotatable bonds is 5. The smallest absolute Gasteiger partial charge is 0.306 e. The minimum atomic E-state index is -0.468. The minimum absolute atomic E-state index is 0.000870. The molecule has 146 valence electrons. The number of methoxy groups -OCH3 is 1. The summed E-state index contributed by atoms with van der Waals surface area (Å²) in [5, 5.41) is 20.8. The van der Waals surface area contributed by atoms with Crippen LogP contribution >= 0.6 is 0 Å². The van der Waals surface area contributed by atoms with Crippen molar-refractivity contribution in [3.63, 3.8) is 0 Å². The summed E-state index contributed by atoms with van der Waals surface area (Å²) in [4.78, 5) is 24.7. The maximum Gasteiger partial charge on any atom is 0.306 e. The zero-order valence-electron chi connectivity index (χ0n) is 15.9. The standard InChI is InChI=1S/C22H22O6/c1-12(2)14(9-19(26)27-3)20-15(23)10-16(24)21-17(25)11-18(28-22(20)21)13-7-5-4-6-8-13/h4-8,10-12,14,23-24H,9H2,1-3H3/t14-/m1/s1. The van der Waals surface area contributed by atoms with E-state index < -0.39 is 17.3 Å². The van der Waals surface area contributed by atoms with Gasteiger partial charge in [0, 0.05) is 29.2 Å². The van der Waals surface area contributed by atoms with Crippen LogP contribution in [0.15, 0.2) is 51.7 Å². The van der Waals surface area contributed by atoms with Crippen LogP contribution in [0, 0.1) is 5.92 Å². The molecule has 1 aromatic heterocycles. The molecule has 1 heterocycles. The van der Waals surface area contributed by atoms with Gasteiger partial charge in [0.2, 0.25) is 0 Å². The van der Waals surface area contributed by atoms with Crippen LogP contribution < -0.4 is 5.43 Å². The molecule has 0 amide bonds. The molecule has 0 aliphatic heterocycles. The summed E-state index contributed by atoms with van der Waals surface area (Å²) in [6.45, 7) is 3.79. The van der Waals surface area contributed by atoms with Gasteiger partial charge in [-0.1, -0.05) is 44.2 Å². The fraction of sp³-hybridized carbons (Fsp3) is 0.273. The summed E-state index contributed by atoms with van der Waals surface area (Å²) in [7, 11) is 1.29. The normalized spacial score (nSPS) is 12.3. The van der Waals surface area contributed by atoms with Crippen molar-refractivity contribution in [2.24, 2.45) is 5.92 Å². The summed E-state index contributed by atoms with van der Waals surface area (Å²) in [5.74, 6) is -1.27. The number of phenolic OH excluding ortho intramolecular Hbond substituents is 2. The zero-order valence-corrected chi connectivity index (χ0v) is 15.9. The molecule has 3 aromatic rings. The number of carbonyl (C=O) groups excluding carboxylic acids is 1. The first-order valence-electron chi connectivity index (χ1n) is 8.98. The Morgan fingerprint density at radius 3 is 2.39 bits per heavy atom. The molecule has 3 rings (SSSR count). The third-order valence-electron chi connectivity index (χ3n) is 4.85. The molecule has 0 aliphatic carbocycles. The Morgan fingerprint density at radius 1 is 1.11 bits per heavy atom. The third kappa shape index (κ3) is 3.58. The molecule has 6 heteroatoms. The molecule has 0 saturated carbocycles. The summed E-state index contributed by atoms with van der Waals surface area (Å²) in [6, 6.07) is 11.5. The van der Waals surface area contributed by atoms with Gasteiger partial charge in [-0.15, -0.1) is 0 Å². The lowest BCUT2D eigenvalue weighted by Crippen LogP contribution is -2.15. The molecular formula is C22H22O6. The Hall–Kier alpha value is -3.28. The van der Waals surface area contributed by atoms with Gasteiger partial charge in [-0.2, -0.15) is 0 Å². The van der Waals surface area contributed by atoms with Crippen molar-refractivity contribution in [3.8, 4) is 22.8 Å². The molecule has 6 nitrogen and oxygen atoms in total. The molecule has 0 saturated heterocycles. The Bertz CT molecular complexity index is 1070. The molecule has 28 heavy (non-hydrogen) atoms. The SMILES string of the molecule is COC(=O)C[C@@H](c1c(O)cc(O)c2c(=O)cc(-c3ccccc3)oc12)C(C)C. The highest BCUT2D eigenvalue weighted by Gasteiger charge is 2.28. The van der Waals surface area contributed by atoms with Crippen molar-refractivity contribution in [1.82, 2.24) is 0 Å². The highest BCUT2D eigenvalue weighted by molar-refractivity contribution is 5.90. The Kier molecular flexibility index (Phi) is 5.40. The maximum absolute atomic E-state index is 12.7. The number of ether oxygens (including phenoxy) is 1. The van der Waals surface area contributed by atoms with Gasteiger partial charge in [-0.25, -0.2) is 0 Å². The van der Waals surface area contributed by atoms with Crippen LogP contribution in [0.4, 0.5) is 0 Å². The van der Waals surface area contributed by atoms with Gasteiger partial charge in [-0.05, 0) is 5.92 Å². The molecule has 2 N–H and O–H groups in total. The summed E-state index contributed by atoms with van der Waals surface area (Å²) >= 11 is 0. The fourth-order valence-corrected chi connectivity index (χ4v) is 3.36. The van der Waals surface area contributed by atoms with E-state index in [-0.39, 0.29) is 34.8 Å². The van der Waals surface area contributed by atoms with E-state index in [1.807, 2.05) is 32.0 Å². The summed E-state index contributed by atoms with van der Waals surface area (Å²) in [6.07, 6.45) is 0.000870. The van der Waals surface area contributed by atoms with Gasteiger partial charge in [0.15, 0.2) is 5.43 Å². The van der Waals surface area contributed by atoms with E-state index in [2.05, 4.69) is 0 Å². The van der Waals surface area contributed by atoms with E-state index in [9.17, 15) is 19.8 Å². The monoisotopic (exact) mass is 382 g/mol. The van der Waals surface area contributed by atoms with Crippen LogP contribution in [-0.4, -0.2) is 23.3 Å². The van der Waals surface area contributed by atoms with Crippen molar-refractivity contribution in [2.75, 3.05) is 7.11 Å². The lowest BCUT2D eigenvalue weighted by molar-refractivity contribution is -0.141. The number of benzene rings is 2. The predicted molar refractivity (Wildman–Crippen MR) is 105 cm³/mol. The van der Waals surface area contributed by atoms with Crippen molar-refractivity contribution in [2.45, 2.75) is 26.2 Å². The Balaban J connectivity index is 2.34. The van der Waals surface area contributed by atoms with E-state index in [0.29, 0.717) is 16.9 Å². The van der Waals surface area contributed by atoms with Crippen molar-refractivity contribution in [3.05, 3.63) is 58.3 Å². The second-order valence-electron chi connectivity index (χ2n) is 7.00. The summed E-state index contributed by atoms with van der Waals surface area (Å²) in [5.41, 5.74) is 0.637. The second kappa shape index (κ2) is 7.76. The van der Waals surface area contributed by atoms with E-state index >= 15 is 0 Å². The molecule has 0 fully saturated rings. The lowest BCUT2D eigenvalue weighted by atomic mass is 9.84. The van der Waals surface area contributed by atoms with Crippen LogP contribution in [0.5, 0.6) is 11.5 Å². The molecule has 0 spiro atoms. The number of esters is 1. The number of hydrogen-bond acceptors (Lipinski definition) is 6. The number of phenols is 2. The molecule has 0 unspecified atom stereocenters. The molecule has 0 aliphatic rings. The van der Waals surface area contributed by atoms with E-state index in [1.54, 1.807) is 12.1 Å². The summed E-state index contributed by atoms with van der Waals surface area (Å²) < 4.78 is 10.8. The van der Waals surface area contributed by atoms with Gasteiger partial charge < -0.3 is 19.4 Å². The first kappa shape index (κ1) is 19.5. The maximum atomic E-state index is 12.7. The third-order valence-corrected chi connectivity index (χ3v) is 4.85. The van der Waals surface area contributed by atoms with Crippen LogP contribution in [0.2, 0.25) is 0 Å². The van der Waals surface area contributed by atoms with Gasteiger partial charge in [-0.3, -0.25) is 9.59 Å². The van der Waals surface area contributed by atoms with Crippen LogP contribution in [0.3, 0.4) is 0 Å². The van der Waals surface area contributed by atoms with Crippen LogP contribution in [0.25, 0.3) is 22.3 Å². The van der Waals surface area contributed by atoms with Crippen LogP contribution in [0.1, 0.15) is 31.7 Å². The topological polar surface area (TPSA) is 97.0 Å². The molecule has 1 atom stereocenters. The highest BCUT2D eigenvalue weighted by atomic mass is 16.5. The van der Waals surface area contributed by atoms with Crippen molar-refractivity contribution < 1.29 is 24.2 Å². The zero-order chi connectivity index (χ0) is 20.4. The molecular weight excluding hydrogens is 360 g/mol. The second-order valence-corrected chi connectivity index (χ2v) is 7.00. The number of fused-ring (bicyclic) bond motifs is 1. The number of hydrogen-bond donors (Lipinski definition) is 2. The average molecular weight is 382 g/mol. The average Bonchev–Trinajstić information content (AvgIpc) is 2.66. The van der Waals surface area contributed by atoms with Gasteiger partial charge in [0.25, 0.3) is 0 Å². The van der Waals surface area contributed by atoms with Crippen LogP contribution in [-0.2, 0) is 9.53 Å². The lowest BCUT2D eigenvalue weighted by Gasteiger charge is -2.22. The minimum Gasteiger partial charge on any atom is -0.507 e. The predicted octanol–water partition coefficient (Wildman–Crippen LogP) is 4.17. The number of carbonyl (C=O) groups is 1. The highest BCUT2D eigenvalue weighted by Crippen LogP contribution is 2.42. The fourth-order valence-electron chi connectivity index (χ4n) is 3.36. The van der Waals surface area contributed by atoms with E-state index in [1.165, 1.54) is 13.2 Å². The Labute approximate surface area is 162 Å². The molecule has 0 bridgehead atoms. The van der Waals surface area contributed by atoms with Crippen molar-refractivity contribution >= 4 is 16.9 Å². The van der Waals surface area contributed by atoms with Crippen molar-refractivity contribution in [1.29, 1.82) is 0 Å². The van der Waals surface area contributed by atoms with Gasteiger partial charge >= 0.3 is 5.97 Å². The van der Waals surface area contributed by atoms with E-state index in [0.717, 1.165) is 6.07 Å². The molecule has 0 radical (unpaired) electrons. The quantitative estimate of drug-likeness (QED) is 0.643. The Morgan fingerprint density at radius 2 is 1.79 bits per heavy atom. The van der Waals surface area contributed by atoms with Gasteiger partial charge in [0.05, 0.1) is 13.5 Å². The van der Waals surface area contributed by atoms with E-state index in [4.69, 9.17) is 9.15 Å². The van der Waals surface area contributed by atoms with Gasteiger partial charge in [0.1, 0.15) is 28.2 Å². The largest absolute Gasteiger partial charge is 0.507 e.